The molecule has 0 bridgehead atoms. The van der Waals surface area contributed by atoms with Crippen LogP contribution in [0.25, 0.3) is 11.6 Å². The van der Waals surface area contributed by atoms with Crippen LogP contribution in [0.15, 0.2) is 22.7 Å². The number of hydrogen-bond donors (Lipinski definition) is 1. The van der Waals surface area contributed by atoms with Crippen molar-refractivity contribution in [1.82, 2.24) is 15.1 Å². The number of nitrogens with two attached hydrogens (primary N) is 1. The van der Waals surface area contributed by atoms with Gasteiger partial charge in [-0.05, 0) is 25.0 Å². The van der Waals surface area contributed by atoms with Gasteiger partial charge in [0.05, 0.1) is 5.75 Å². The minimum atomic E-state index is 0.439. The average Bonchev–Trinajstić information content (AvgIpc) is 3.08. The molecule has 0 spiro atoms. The number of nitrogen functional groups attached to an aromatic ring is 1. The van der Waals surface area contributed by atoms with Gasteiger partial charge in [0.25, 0.3) is 5.89 Å². The fourth-order valence-electron chi connectivity index (χ4n) is 2.23. The summed E-state index contributed by atoms with van der Waals surface area (Å²) < 4.78 is 5.23. The first-order chi connectivity index (χ1) is 9.31. The molecular weight excluding hydrogens is 260 g/mol. The highest BCUT2D eigenvalue weighted by atomic mass is 32.2. The second-order valence-electron chi connectivity index (χ2n) is 4.68. The highest BCUT2D eigenvalue weighted by molar-refractivity contribution is 7.99. The number of rotatable bonds is 4. The fourth-order valence-corrected chi connectivity index (χ4v) is 3.40. The van der Waals surface area contributed by atoms with Crippen molar-refractivity contribution in [2.45, 2.75) is 36.7 Å². The van der Waals surface area contributed by atoms with Crippen molar-refractivity contribution in [3.63, 3.8) is 0 Å². The van der Waals surface area contributed by atoms with Gasteiger partial charge in [0.2, 0.25) is 0 Å². The minimum absolute atomic E-state index is 0.439. The molecule has 0 aromatic carbocycles. The molecule has 3 rings (SSSR count). The molecule has 0 aliphatic heterocycles. The van der Waals surface area contributed by atoms with Crippen LogP contribution in [0.3, 0.4) is 0 Å². The van der Waals surface area contributed by atoms with Gasteiger partial charge in [-0.25, -0.2) is 4.98 Å². The van der Waals surface area contributed by atoms with Crippen LogP contribution in [-0.4, -0.2) is 20.4 Å². The van der Waals surface area contributed by atoms with Gasteiger partial charge in [-0.2, -0.15) is 16.7 Å². The first-order valence-electron chi connectivity index (χ1n) is 6.48. The molecule has 0 radical (unpaired) electrons. The molecule has 0 unspecified atom stereocenters. The summed E-state index contributed by atoms with van der Waals surface area (Å²) >= 11 is 1.92. The van der Waals surface area contributed by atoms with Crippen LogP contribution >= 0.6 is 11.8 Å². The Morgan fingerprint density at radius 3 is 2.89 bits per heavy atom. The maximum Gasteiger partial charge on any atom is 0.276 e. The molecule has 19 heavy (non-hydrogen) atoms. The van der Waals surface area contributed by atoms with E-state index in [4.69, 9.17) is 10.3 Å². The zero-order chi connectivity index (χ0) is 13.1. The summed E-state index contributed by atoms with van der Waals surface area (Å²) in [7, 11) is 0. The maximum absolute atomic E-state index is 5.64. The van der Waals surface area contributed by atoms with Gasteiger partial charge in [-0.1, -0.05) is 24.1 Å². The predicted molar refractivity (Wildman–Crippen MR) is 75.5 cm³/mol. The molecule has 1 saturated carbocycles. The number of nitrogens with zero attached hydrogens (tertiary/aromatic N) is 3. The Kier molecular flexibility index (Phi) is 3.68. The molecule has 5 nitrogen and oxygen atoms in total. The van der Waals surface area contributed by atoms with Crippen LogP contribution in [0.2, 0.25) is 0 Å². The Labute approximate surface area is 116 Å². The minimum Gasteiger partial charge on any atom is -0.384 e. The largest absolute Gasteiger partial charge is 0.384 e. The topological polar surface area (TPSA) is 77.8 Å². The normalized spacial score (nSPS) is 16.0. The van der Waals surface area contributed by atoms with Crippen LogP contribution in [-0.2, 0) is 5.75 Å². The summed E-state index contributed by atoms with van der Waals surface area (Å²) in [6.45, 7) is 0. The zero-order valence-corrected chi connectivity index (χ0v) is 11.4. The van der Waals surface area contributed by atoms with Crippen LogP contribution in [0.4, 0.5) is 5.82 Å². The smallest absolute Gasteiger partial charge is 0.276 e. The third-order valence-corrected chi connectivity index (χ3v) is 4.58. The van der Waals surface area contributed by atoms with E-state index in [0.717, 1.165) is 16.8 Å². The first-order valence-corrected chi connectivity index (χ1v) is 7.53. The Bertz CT molecular complexity index is 551. The quantitative estimate of drug-likeness (QED) is 0.925. The van der Waals surface area contributed by atoms with Crippen LogP contribution in [0.5, 0.6) is 0 Å². The van der Waals surface area contributed by atoms with E-state index in [1.165, 1.54) is 25.7 Å². The molecule has 1 fully saturated rings. The lowest BCUT2D eigenvalue weighted by atomic mass is 10.3. The average molecular weight is 276 g/mol. The maximum atomic E-state index is 5.64. The van der Waals surface area contributed by atoms with Crippen molar-refractivity contribution in [2.75, 3.05) is 5.73 Å². The van der Waals surface area contributed by atoms with E-state index >= 15 is 0 Å². The summed E-state index contributed by atoms with van der Waals surface area (Å²) in [6, 6.07) is 5.38. The summed E-state index contributed by atoms with van der Waals surface area (Å²) in [5.41, 5.74) is 6.27. The first kappa shape index (κ1) is 12.5. The Hall–Kier alpha value is -1.56. The van der Waals surface area contributed by atoms with Crippen LogP contribution in [0, 0.1) is 0 Å². The van der Waals surface area contributed by atoms with Crippen molar-refractivity contribution in [3.05, 3.63) is 24.0 Å². The third kappa shape index (κ3) is 3.07. The Morgan fingerprint density at radius 2 is 2.11 bits per heavy atom. The van der Waals surface area contributed by atoms with E-state index in [-0.39, 0.29) is 0 Å². The number of aromatic nitrogens is 3. The molecule has 0 saturated heterocycles. The predicted octanol–water partition coefficient (Wildman–Crippen LogP) is 2.89. The Balaban J connectivity index is 1.65. The molecule has 2 N–H and O–H groups in total. The second-order valence-corrected chi connectivity index (χ2v) is 5.97. The summed E-state index contributed by atoms with van der Waals surface area (Å²) in [5.74, 6) is 2.43. The van der Waals surface area contributed by atoms with Crippen molar-refractivity contribution in [1.29, 1.82) is 0 Å². The molecule has 2 aromatic rings. The number of thioether (sulfide) groups is 1. The van der Waals surface area contributed by atoms with Gasteiger partial charge < -0.3 is 10.3 Å². The van der Waals surface area contributed by atoms with Crippen LogP contribution < -0.4 is 5.73 Å². The van der Waals surface area contributed by atoms with E-state index in [9.17, 15) is 0 Å². The van der Waals surface area contributed by atoms with E-state index in [0.29, 0.717) is 17.4 Å². The lowest BCUT2D eigenvalue weighted by Gasteiger charge is -2.04. The van der Waals surface area contributed by atoms with Gasteiger partial charge in [0.15, 0.2) is 5.82 Å². The van der Waals surface area contributed by atoms with Gasteiger partial charge in [0.1, 0.15) is 11.5 Å². The highest BCUT2D eigenvalue weighted by Gasteiger charge is 2.17. The third-order valence-electron chi connectivity index (χ3n) is 3.21. The lowest BCUT2D eigenvalue weighted by molar-refractivity contribution is 0.424. The molecule has 2 heterocycles. The van der Waals surface area contributed by atoms with Gasteiger partial charge >= 0.3 is 0 Å². The standard InChI is InChI=1S/C13H16N4OS/c14-11-7-3-6-10(15-11)13-16-12(17-18-13)8-19-9-4-1-2-5-9/h3,6-7,9H,1-2,4-5,8H2,(H2,14,15). The van der Waals surface area contributed by atoms with Crippen LogP contribution in [0.1, 0.15) is 31.5 Å². The van der Waals surface area contributed by atoms with E-state index in [1.807, 2.05) is 23.9 Å². The summed E-state index contributed by atoms with van der Waals surface area (Å²) in [4.78, 5) is 8.53. The van der Waals surface area contributed by atoms with Gasteiger partial charge in [-0.15, -0.1) is 0 Å². The number of hydrogen-bond acceptors (Lipinski definition) is 6. The monoisotopic (exact) mass is 276 g/mol. The van der Waals surface area contributed by atoms with E-state index in [1.54, 1.807) is 6.07 Å². The molecule has 0 atom stereocenters. The number of anilines is 1. The van der Waals surface area contributed by atoms with Crippen molar-refractivity contribution < 1.29 is 4.52 Å². The molecule has 0 amide bonds. The van der Waals surface area contributed by atoms with Crippen molar-refractivity contribution in [3.8, 4) is 11.6 Å². The van der Waals surface area contributed by atoms with Crippen molar-refractivity contribution >= 4 is 17.6 Å². The van der Waals surface area contributed by atoms with Crippen molar-refractivity contribution in [2.24, 2.45) is 0 Å². The van der Waals surface area contributed by atoms with Gasteiger partial charge in [0, 0.05) is 5.25 Å². The molecule has 1 aliphatic carbocycles. The van der Waals surface area contributed by atoms with E-state index in [2.05, 4.69) is 15.1 Å². The van der Waals surface area contributed by atoms with E-state index < -0.39 is 0 Å². The second kappa shape index (κ2) is 5.61. The molecule has 6 heteroatoms. The zero-order valence-electron chi connectivity index (χ0n) is 10.6. The lowest BCUT2D eigenvalue weighted by Crippen LogP contribution is -1.96. The van der Waals surface area contributed by atoms with Gasteiger partial charge in [-0.3, -0.25) is 0 Å². The Morgan fingerprint density at radius 1 is 1.26 bits per heavy atom. The summed E-state index contributed by atoms with van der Waals surface area (Å²) in [5, 5.41) is 4.75. The molecule has 2 aromatic heterocycles. The fraction of sp³-hybridized carbons (Fsp3) is 0.462. The highest BCUT2D eigenvalue weighted by Crippen LogP contribution is 2.31. The number of pyridine rings is 1. The molecule has 100 valence electrons. The molecule has 1 aliphatic rings. The molecular formula is C13H16N4OS. The SMILES string of the molecule is Nc1cccc(-c2nc(CSC3CCCC3)no2)n1. The summed E-state index contributed by atoms with van der Waals surface area (Å²) in [6.07, 6.45) is 5.32.